The van der Waals surface area contributed by atoms with Gasteiger partial charge in [-0.1, -0.05) is 101 Å². The van der Waals surface area contributed by atoms with E-state index in [1.54, 1.807) is 0 Å². The molecule has 4 rings (SSSR count). The van der Waals surface area contributed by atoms with E-state index in [-0.39, 0.29) is 0 Å². The van der Waals surface area contributed by atoms with E-state index in [9.17, 15) is 0 Å². The van der Waals surface area contributed by atoms with E-state index in [0.717, 1.165) is 10.9 Å². The lowest BCUT2D eigenvalue weighted by molar-refractivity contribution is 0.806. The molecule has 0 spiro atoms. The maximum Gasteiger partial charge on any atom is 0.0175 e. The van der Waals surface area contributed by atoms with Crippen LogP contribution in [0.5, 0.6) is 0 Å². The topological polar surface area (TPSA) is 0 Å². The van der Waals surface area contributed by atoms with Crippen molar-refractivity contribution in [1.29, 1.82) is 0 Å². The van der Waals surface area contributed by atoms with Crippen molar-refractivity contribution in [2.24, 2.45) is 0 Å². The molecule has 1 heteroatoms. The third-order valence-corrected chi connectivity index (χ3v) is 5.26. The molecule has 0 aliphatic carbocycles. The van der Waals surface area contributed by atoms with Crippen molar-refractivity contribution in [3.8, 4) is 0 Å². The van der Waals surface area contributed by atoms with E-state index >= 15 is 0 Å². The Morgan fingerprint density at radius 3 is 2.00 bits per heavy atom. The van der Waals surface area contributed by atoms with E-state index in [2.05, 4.69) is 113 Å². The summed E-state index contributed by atoms with van der Waals surface area (Å²) in [6.45, 7) is 0. The first-order valence-corrected chi connectivity index (χ1v) is 9.37. The van der Waals surface area contributed by atoms with Crippen LogP contribution in [-0.2, 0) is 6.42 Å². The average Bonchev–Trinajstić information content (AvgIpc) is 2.67. The second kappa shape index (κ2) is 7.25. The first-order valence-electron chi connectivity index (χ1n) is 8.58. The van der Waals surface area contributed by atoms with Gasteiger partial charge in [0.2, 0.25) is 0 Å². The fourth-order valence-corrected chi connectivity index (χ4v) is 3.66. The van der Waals surface area contributed by atoms with Gasteiger partial charge in [-0.3, -0.25) is 0 Å². The van der Waals surface area contributed by atoms with Crippen molar-refractivity contribution in [3.05, 3.63) is 118 Å². The summed E-state index contributed by atoms with van der Waals surface area (Å²) in [5.41, 5.74) is 4.08. The SMILES string of the molecule is Brc1ccc(C(Cc2ccccc2)c2ccc3ccccc3c2)cc1. The van der Waals surface area contributed by atoms with E-state index in [1.807, 2.05) is 0 Å². The maximum atomic E-state index is 3.55. The van der Waals surface area contributed by atoms with E-state index in [1.165, 1.54) is 27.5 Å². The van der Waals surface area contributed by atoms with Gasteiger partial charge < -0.3 is 0 Å². The third kappa shape index (κ3) is 3.67. The van der Waals surface area contributed by atoms with Crippen molar-refractivity contribution in [3.63, 3.8) is 0 Å². The Morgan fingerprint density at radius 2 is 1.24 bits per heavy atom. The smallest absolute Gasteiger partial charge is 0.0175 e. The third-order valence-electron chi connectivity index (χ3n) is 4.73. The molecule has 0 saturated heterocycles. The van der Waals surface area contributed by atoms with Crippen LogP contribution in [0.15, 0.2) is 102 Å². The second-order valence-electron chi connectivity index (χ2n) is 6.40. The summed E-state index contributed by atoms with van der Waals surface area (Å²) in [4.78, 5) is 0. The lowest BCUT2D eigenvalue weighted by atomic mass is 9.85. The summed E-state index contributed by atoms with van der Waals surface area (Å²) in [5.74, 6) is 0.347. The van der Waals surface area contributed by atoms with E-state index < -0.39 is 0 Å². The molecule has 25 heavy (non-hydrogen) atoms. The minimum absolute atomic E-state index is 0.347. The molecule has 0 radical (unpaired) electrons. The number of hydrogen-bond acceptors (Lipinski definition) is 0. The van der Waals surface area contributed by atoms with Crippen molar-refractivity contribution < 1.29 is 0 Å². The van der Waals surface area contributed by atoms with Crippen molar-refractivity contribution >= 4 is 26.7 Å². The zero-order valence-electron chi connectivity index (χ0n) is 13.9. The quantitative estimate of drug-likeness (QED) is 0.354. The standard InChI is InChI=1S/C24H19Br/c25-23-14-12-20(13-15-23)24(16-18-6-2-1-3-7-18)22-11-10-19-8-4-5-9-21(19)17-22/h1-15,17,24H,16H2. The van der Waals surface area contributed by atoms with Crippen molar-refractivity contribution in [2.75, 3.05) is 0 Å². The molecule has 0 heterocycles. The number of rotatable bonds is 4. The lowest BCUT2D eigenvalue weighted by Gasteiger charge is -2.19. The molecule has 4 aromatic carbocycles. The number of halogens is 1. The van der Waals surface area contributed by atoms with Crippen LogP contribution in [0.4, 0.5) is 0 Å². The summed E-state index contributed by atoms with van der Waals surface area (Å²) < 4.78 is 1.12. The number of hydrogen-bond donors (Lipinski definition) is 0. The molecular weight excluding hydrogens is 368 g/mol. The van der Waals surface area contributed by atoms with Crippen LogP contribution in [0.2, 0.25) is 0 Å². The molecule has 0 bridgehead atoms. The summed E-state index contributed by atoms with van der Waals surface area (Å²) in [5, 5.41) is 2.59. The molecular formula is C24H19Br. The highest BCUT2D eigenvalue weighted by Crippen LogP contribution is 2.31. The Morgan fingerprint density at radius 1 is 0.600 bits per heavy atom. The largest absolute Gasteiger partial charge is 0.0622 e. The Kier molecular flexibility index (Phi) is 4.67. The molecule has 0 aromatic heterocycles. The zero-order valence-corrected chi connectivity index (χ0v) is 15.5. The van der Waals surface area contributed by atoms with Gasteiger partial charge in [0.05, 0.1) is 0 Å². The molecule has 0 aliphatic heterocycles. The van der Waals surface area contributed by atoms with Crippen LogP contribution in [0.3, 0.4) is 0 Å². The summed E-state index contributed by atoms with van der Waals surface area (Å²) >= 11 is 3.55. The minimum Gasteiger partial charge on any atom is -0.0622 e. The first-order chi connectivity index (χ1) is 12.3. The lowest BCUT2D eigenvalue weighted by Crippen LogP contribution is -2.05. The van der Waals surface area contributed by atoms with Gasteiger partial charge in [-0.15, -0.1) is 0 Å². The van der Waals surface area contributed by atoms with Gasteiger partial charge in [-0.25, -0.2) is 0 Å². The molecule has 1 atom stereocenters. The highest BCUT2D eigenvalue weighted by atomic mass is 79.9. The van der Waals surface area contributed by atoms with Gasteiger partial charge in [-0.05, 0) is 46.0 Å². The monoisotopic (exact) mass is 386 g/mol. The molecule has 0 nitrogen and oxygen atoms in total. The molecule has 0 N–H and O–H groups in total. The van der Waals surface area contributed by atoms with Crippen molar-refractivity contribution in [2.45, 2.75) is 12.3 Å². The first kappa shape index (κ1) is 16.1. The summed E-state index contributed by atoms with van der Waals surface area (Å²) in [6.07, 6.45) is 1.00. The molecule has 122 valence electrons. The van der Waals surface area contributed by atoms with Crippen LogP contribution < -0.4 is 0 Å². The Balaban J connectivity index is 1.79. The normalized spacial score (nSPS) is 12.2. The molecule has 4 aromatic rings. The second-order valence-corrected chi connectivity index (χ2v) is 7.32. The van der Waals surface area contributed by atoms with Gasteiger partial charge in [0, 0.05) is 10.4 Å². The van der Waals surface area contributed by atoms with Crippen LogP contribution in [-0.4, -0.2) is 0 Å². The highest BCUT2D eigenvalue weighted by Gasteiger charge is 2.15. The maximum absolute atomic E-state index is 3.55. The molecule has 0 aliphatic rings. The molecule has 0 amide bonds. The van der Waals surface area contributed by atoms with E-state index in [0.29, 0.717) is 5.92 Å². The van der Waals surface area contributed by atoms with Crippen molar-refractivity contribution in [1.82, 2.24) is 0 Å². The predicted molar refractivity (Wildman–Crippen MR) is 110 cm³/mol. The Hall–Kier alpha value is -2.38. The molecule has 1 unspecified atom stereocenters. The Labute approximate surface area is 157 Å². The summed E-state index contributed by atoms with van der Waals surface area (Å²) in [7, 11) is 0. The fourth-order valence-electron chi connectivity index (χ4n) is 3.40. The number of fused-ring (bicyclic) bond motifs is 1. The fraction of sp³-hybridized carbons (Fsp3) is 0.0833. The molecule has 0 saturated carbocycles. The van der Waals surface area contributed by atoms with Gasteiger partial charge in [0.15, 0.2) is 0 Å². The minimum atomic E-state index is 0.347. The van der Waals surface area contributed by atoms with Crippen LogP contribution in [0.1, 0.15) is 22.6 Å². The van der Waals surface area contributed by atoms with Gasteiger partial charge in [-0.2, -0.15) is 0 Å². The predicted octanol–water partition coefficient (Wildman–Crippen LogP) is 6.98. The zero-order chi connectivity index (χ0) is 17.1. The van der Waals surface area contributed by atoms with E-state index in [4.69, 9.17) is 0 Å². The molecule has 0 fully saturated rings. The van der Waals surface area contributed by atoms with Gasteiger partial charge in [0.25, 0.3) is 0 Å². The van der Waals surface area contributed by atoms with Crippen LogP contribution in [0.25, 0.3) is 10.8 Å². The Bertz CT molecular complexity index is 972. The average molecular weight is 387 g/mol. The number of benzene rings is 4. The van der Waals surface area contributed by atoms with Gasteiger partial charge in [0.1, 0.15) is 0 Å². The summed E-state index contributed by atoms with van der Waals surface area (Å²) in [6, 6.07) is 34.9. The van der Waals surface area contributed by atoms with Gasteiger partial charge >= 0.3 is 0 Å². The van der Waals surface area contributed by atoms with Crippen LogP contribution >= 0.6 is 15.9 Å². The van der Waals surface area contributed by atoms with Crippen LogP contribution in [0, 0.1) is 0 Å². The highest BCUT2D eigenvalue weighted by molar-refractivity contribution is 9.10.